The van der Waals surface area contributed by atoms with Crippen molar-refractivity contribution in [2.45, 2.75) is 20.4 Å². The molecule has 2 heterocycles. The zero-order valence-electron chi connectivity index (χ0n) is 9.20. The van der Waals surface area contributed by atoms with Crippen molar-refractivity contribution in [1.29, 1.82) is 0 Å². The van der Waals surface area contributed by atoms with Gasteiger partial charge in [0.05, 0.1) is 12.1 Å². The summed E-state index contributed by atoms with van der Waals surface area (Å²) in [6.45, 7) is 4.31. The minimum atomic E-state index is -0.0633. The third-order valence-electron chi connectivity index (χ3n) is 2.27. The first-order valence-electron chi connectivity index (χ1n) is 5.00. The number of carbonyl (C=O) groups excluding carboxylic acids is 1. The zero-order valence-corrected chi connectivity index (χ0v) is 10.0. The predicted molar refractivity (Wildman–Crippen MR) is 63.6 cm³/mol. The number of aromatic amines is 1. The van der Waals surface area contributed by atoms with Crippen LogP contribution < -0.4 is 5.32 Å². The number of H-pyrrole nitrogens is 1. The Morgan fingerprint density at radius 3 is 2.94 bits per heavy atom. The van der Waals surface area contributed by atoms with Gasteiger partial charge in [0, 0.05) is 23.0 Å². The molecule has 0 spiro atoms. The van der Waals surface area contributed by atoms with E-state index in [1.807, 2.05) is 19.2 Å². The van der Waals surface area contributed by atoms with Crippen LogP contribution in [0, 0.1) is 13.8 Å². The quantitative estimate of drug-likeness (QED) is 0.855. The summed E-state index contributed by atoms with van der Waals surface area (Å²) in [6, 6.07) is 1.78. The van der Waals surface area contributed by atoms with Crippen LogP contribution >= 0.6 is 11.3 Å². The molecule has 0 radical (unpaired) electrons. The van der Waals surface area contributed by atoms with Gasteiger partial charge < -0.3 is 10.3 Å². The van der Waals surface area contributed by atoms with Gasteiger partial charge in [-0.05, 0) is 19.9 Å². The van der Waals surface area contributed by atoms with Gasteiger partial charge in [-0.1, -0.05) is 0 Å². The first-order chi connectivity index (χ1) is 7.66. The van der Waals surface area contributed by atoms with Crippen LogP contribution in [0.25, 0.3) is 0 Å². The van der Waals surface area contributed by atoms with E-state index >= 15 is 0 Å². The second kappa shape index (κ2) is 4.49. The summed E-state index contributed by atoms with van der Waals surface area (Å²) in [6.07, 6.45) is 1.76. The first kappa shape index (κ1) is 10.9. The Morgan fingerprint density at radius 2 is 2.38 bits per heavy atom. The number of thiazole rings is 1. The van der Waals surface area contributed by atoms with E-state index < -0.39 is 0 Å². The minimum absolute atomic E-state index is 0.0633. The molecule has 16 heavy (non-hydrogen) atoms. The average Bonchev–Trinajstić information content (AvgIpc) is 2.84. The zero-order chi connectivity index (χ0) is 11.5. The molecule has 0 aliphatic carbocycles. The van der Waals surface area contributed by atoms with Crippen LogP contribution in [0.5, 0.6) is 0 Å². The Labute approximate surface area is 97.7 Å². The lowest BCUT2D eigenvalue weighted by atomic mass is 10.2. The average molecular weight is 235 g/mol. The fraction of sp³-hybridized carbons (Fsp3) is 0.273. The van der Waals surface area contributed by atoms with Gasteiger partial charge in [0.25, 0.3) is 5.91 Å². The number of aryl methyl sites for hydroxylation is 2. The van der Waals surface area contributed by atoms with Gasteiger partial charge in [0.15, 0.2) is 0 Å². The number of hydrogen-bond donors (Lipinski definition) is 2. The van der Waals surface area contributed by atoms with Crippen molar-refractivity contribution in [3.8, 4) is 0 Å². The molecule has 0 saturated carbocycles. The van der Waals surface area contributed by atoms with Crippen molar-refractivity contribution in [3.63, 3.8) is 0 Å². The number of hydrogen-bond acceptors (Lipinski definition) is 3. The summed E-state index contributed by atoms with van der Waals surface area (Å²) in [4.78, 5) is 19.0. The Hall–Kier alpha value is -1.62. The highest BCUT2D eigenvalue weighted by Crippen LogP contribution is 2.09. The number of nitrogens with zero attached hydrogens (tertiary/aromatic N) is 1. The predicted octanol–water partition coefficient (Wildman–Crippen LogP) is 2.02. The van der Waals surface area contributed by atoms with Crippen LogP contribution in [0.2, 0.25) is 0 Å². The maximum Gasteiger partial charge on any atom is 0.253 e. The van der Waals surface area contributed by atoms with E-state index in [1.54, 1.807) is 23.6 Å². The van der Waals surface area contributed by atoms with E-state index in [0.717, 1.165) is 16.4 Å². The van der Waals surface area contributed by atoms with Gasteiger partial charge in [-0.2, -0.15) is 0 Å². The molecule has 2 aromatic heterocycles. The normalized spacial score (nSPS) is 10.4. The standard InChI is InChI=1S/C11H13N3OS/c1-7-6-16-10(14-7)5-13-11(15)9-3-4-12-8(9)2/h3-4,6,12H,5H2,1-2H3,(H,13,15). The molecule has 2 N–H and O–H groups in total. The Balaban J connectivity index is 1.96. The summed E-state index contributed by atoms with van der Waals surface area (Å²) in [5.74, 6) is -0.0633. The van der Waals surface area contributed by atoms with Gasteiger partial charge in [-0.25, -0.2) is 4.98 Å². The van der Waals surface area contributed by atoms with Crippen LogP contribution in [0.3, 0.4) is 0 Å². The van der Waals surface area contributed by atoms with E-state index in [4.69, 9.17) is 0 Å². The van der Waals surface area contributed by atoms with Crippen LogP contribution in [0.15, 0.2) is 17.6 Å². The molecule has 0 saturated heterocycles. The first-order valence-corrected chi connectivity index (χ1v) is 5.88. The highest BCUT2D eigenvalue weighted by Gasteiger charge is 2.09. The van der Waals surface area contributed by atoms with Gasteiger partial charge in [-0.15, -0.1) is 11.3 Å². The van der Waals surface area contributed by atoms with Crippen molar-refractivity contribution in [2.75, 3.05) is 0 Å². The number of nitrogens with one attached hydrogen (secondary N) is 2. The highest BCUT2D eigenvalue weighted by atomic mass is 32.1. The van der Waals surface area contributed by atoms with E-state index in [0.29, 0.717) is 12.1 Å². The molecular weight excluding hydrogens is 222 g/mol. The van der Waals surface area contributed by atoms with Gasteiger partial charge >= 0.3 is 0 Å². The summed E-state index contributed by atoms with van der Waals surface area (Å²) in [5, 5.41) is 5.75. The molecule has 2 aromatic rings. The summed E-state index contributed by atoms with van der Waals surface area (Å²) in [5.41, 5.74) is 2.56. The molecular formula is C11H13N3OS. The molecule has 0 aliphatic heterocycles. The molecule has 0 atom stereocenters. The lowest BCUT2D eigenvalue weighted by Gasteiger charge is -2.01. The number of aromatic nitrogens is 2. The summed E-state index contributed by atoms with van der Waals surface area (Å²) in [7, 11) is 0. The largest absolute Gasteiger partial charge is 0.365 e. The summed E-state index contributed by atoms with van der Waals surface area (Å²) >= 11 is 1.56. The van der Waals surface area contributed by atoms with E-state index in [-0.39, 0.29) is 5.91 Å². The maximum absolute atomic E-state index is 11.8. The van der Waals surface area contributed by atoms with Gasteiger partial charge in [-0.3, -0.25) is 4.79 Å². The minimum Gasteiger partial charge on any atom is -0.365 e. The van der Waals surface area contributed by atoms with Crippen LogP contribution in [0.4, 0.5) is 0 Å². The number of amides is 1. The van der Waals surface area contributed by atoms with E-state index in [1.165, 1.54) is 0 Å². The third kappa shape index (κ3) is 2.30. The lowest BCUT2D eigenvalue weighted by molar-refractivity contribution is 0.0950. The fourth-order valence-corrected chi connectivity index (χ4v) is 2.15. The SMILES string of the molecule is Cc1csc(CNC(=O)c2cc[nH]c2C)n1. The van der Waals surface area contributed by atoms with E-state index in [9.17, 15) is 4.79 Å². The fourth-order valence-electron chi connectivity index (χ4n) is 1.43. The van der Waals surface area contributed by atoms with Crippen molar-refractivity contribution < 1.29 is 4.79 Å². The van der Waals surface area contributed by atoms with Crippen molar-refractivity contribution in [2.24, 2.45) is 0 Å². The number of carbonyl (C=O) groups is 1. The van der Waals surface area contributed by atoms with Crippen LogP contribution in [-0.2, 0) is 6.54 Å². The molecule has 4 nitrogen and oxygen atoms in total. The molecule has 2 rings (SSSR count). The molecule has 0 unspecified atom stereocenters. The Morgan fingerprint density at radius 1 is 1.56 bits per heavy atom. The molecule has 0 aromatic carbocycles. The second-order valence-electron chi connectivity index (χ2n) is 3.58. The maximum atomic E-state index is 11.8. The summed E-state index contributed by atoms with van der Waals surface area (Å²) < 4.78 is 0. The molecule has 84 valence electrons. The topological polar surface area (TPSA) is 57.8 Å². The van der Waals surface area contributed by atoms with Crippen LogP contribution in [0.1, 0.15) is 26.8 Å². The molecule has 5 heteroatoms. The second-order valence-corrected chi connectivity index (χ2v) is 4.52. The van der Waals surface area contributed by atoms with E-state index in [2.05, 4.69) is 15.3 Å². The van der Waals surface area contributed by atoms with Gasteiger partial charge in [0.2, 0.25) is 0 Å². The monoisotopic (exact) mass is 235 g/mol. The molecule has 0 aliphatic rings. The van der Waals surface area contributed by atoms with Crippen molar-refractivity contribution >= 4 is 17.2 Å². The third-order valence-corrected chi connectivity index (χ3v) is 3.23. The Bertz CT molecular complexity index is 501. The molecule has 0 fully saturated rings. The lowest BCUT2D eigenvalue weighted by Crippen LogP contribution is -2.22. The Kier molecular flexibility index (Phi) is 3.05. The van der Waals surface area contributed by atoms with Crippen molar-refractivity contribution in [1.82, 2.24) is 15.3 Å². The highest BCUT2D eigenvalue weighted by molar-refractivity contribution is 7.09. The molecule has 0 bridgehead atoms. The number of rotatable bonds is 3. The molecule has 1 amide bonds. The smallest absolute Gasteiger partial charge is 0.253 e. The van der Waals surface area contributed by atoms with Gasteiger partial charge in [0.1, 0.15) is 5.01 Å². The van der Waals surface area contributed by atoms with Crippen molar-refractivity contribution in [3.05, 3.63) is 39.6 Å². The van der Waals surface area contributed by atoms with Crippen LogP contribution in [-0.4, -0.2) is 15.9 Å².